The number of terminal acetylenes is 1. The van der Waals surface area contributed by atoms with Crippen LogP contribution in [0.3, 0.4) is 0 Å². The molecule has 13 atom stereocenters. The van der Waals surface area contributed by atoms with Crippen LogP contribution in [0.2, 0.25) is 0 Å². The number of hydrogen-bond acceptors (Lipinski definition) is 16. The van der Waals surface area contributed by atoms with Crippen molar-refractivity contribution in [2.75, 3.05) is 26.8 Å². The van der Waals surface area contributed by atoms with Crippen LogP contribution in [0.1, 0.15) is 42.6 Å². The highest BCUT2D eigenvalue weighted by Gasteiger charge is 2.49. The molecule has 3 aliphatic heterocycles. The van der Waals surface area contributed by atoms with E-state index in [0.717, 1.165) is 23.8 Å². The number of methoxy groups -OCH3 is 1. The van der Waals surface area contributed by atoms with E-state index in [1.54, 1.807) is 36.4 Å². The fourth-order valence-electron chi connectivity index (χ4n) is 8.99. The fraction of sp³-hybridized carbons (Fsp3) is 0.415. The maximum Gasteiger partial charge on any atom is 0.251 e. The van der Waals surface area contributed by atoms with E-state index >= 15 is 0 Å². The normalized spacial score (nSPS) is 27.4. The van der Waals surface area contributed by atoms with E-state index < -0.39 is 146 Å². The summed E-state index contributed by atoms with van der Waals surface area (Å²) in [6, 6.07) is 7.50. The molecule has 0 saturated carbocycles. The minimum absolute atomic E-state index is 0.0195. The first kappa shape index (κ1) is 57.2. The summed E-state index contributed by atoms with van der Waals surface area (Å²) < 4.78 is 10.7. The van der Waals surface area contributed by atoms with Crippen LogP contribution >= 0.6 is 0 Å². The molecule has 3 aromatic carbocycles. The molecule has 0 radical (unpaired) electrons. The lowest BCUT2D eigenvalue weighted by atomic mass is 10.00. The second-order valence-corrected chi connectivity index (χ2v) is 18.5. The lowest BCUT2D eigenvalue weighted by Crippen LogP contribution is -2.63. The van der Waals surface area contributed by atoms with Crippen molar-refractivity contribution in [3.8, 4) is 58.8 Å². The molecule has 0 aliphatic carbocycles. The number of carbonyl (C=O) groups is 7. The predicted molar refractivity (Wildman–Crippen MR) is 267 cm³/mol. The summed E-state index contributed by atoms with van der Waals surface area (Å²) in [4.78, 5) is 101. The van der Waals surface area contributed by atoms with Crippen LogP contribution in [0.5, 0.6) is 11.5 Å². The Labute approximate surface area is 436 Å². The van der Waals surface area contributed by atoms with Gasteiger partial charge in [0.2, 0.25) is 35.4 Å². The van der Waals surface area contributed by atoms with Gasteiger partial charge in [-0.15, -0.1) is 6.42 Å². The number of rotatable bonds is 10. The zero-order valence-electron chi connectivity index (χ0n) is 41.5. The average molecular weight is 1050 g/mol. The van der Waals surface area contributed by atoms with Crippen molar-refractivity contribution in [3.63, 3.8) is 0 Å². The van der Waals surface area contributed by atoms with E-state index in [1.807, 2.05) is 0 Å². The molecule has 23 nitrogen and oxygen atoms in total. The molecule has 0 spiro atoms. The predicted octanol–water partition coefficient (Wildman–Crippen LogP) is -3.41. The Hall–Kier alpha value is -8.05. The third-order valence-corrected chi connectivity index (χ3v) is 13.1. The third-order valence-electron chi connectivity index (χ3n) is 13.1. The highest BCUT2D eigenvalue weighted by atomic mass is 16.5. The van der Waals surface area contributed by atoms with Crippen LogP contribution < -0.4 is 31.3 Å². The summed E-state index contributed by atoms with van der Waals surface area (Å²) in [5.74, 6) is 1.22. The van der Waals surface area contributed by atoms with Gasteiger partial charge < -0.3 is 81.6 Å². The number of phenols is 1. The van der Waals surface area contributed by atoms with Crippen molar-refractivity contribution >= 4 is 41.4 Å². The van der Waals surface area contributed by atoms with Crippen molar-refractivity contribution in [2.45, 2.75) is 106 Å². The number of nitrogens with zero attached hydrogens (tertiary/aromatic N) is 2. The SMILES string of the molecule is C#CC#CC#COc1ccc(-c2ccc(C(=O)N[C@H]3CC(O)C(OC)NC(=O)[C@@H]4[C@@H](O)[C@@H](C)CN4C(=O)[C@H](CO)NC(=O)[C@H]([C@H](O)Cc4ccc(O)cc4)NC(=O)[C@@H]4C[C@@H](O)CN4C(=O)[C@H]([C@@H](C)O)NC3=O)cc2)cc1. The first-order valence-electron chi connectivity index (χ1n) is 24.0. The average Bonchev–Trinajstić information content (AvgIpc) is 3.95. The Kier molecular flexibility index (Phi) is 19.5. The van der Waals surface area contributed by atoms with Crippen molar-refractivity contribution in [1.82, 2.24) is 36.4 Å². The summed E-state index contributed by atoms with van der Waals surface area (Å²) in [7, 11) is 1.08. The largest absolute Gasteiger partial charge is 0.508 e. The molecule has 7 amide bonds. The number of carbonyl (C=O) groups excluding carboxylic acids is 7. The number of hydrogen-bond donors (Lipinski definition) is 12. The molecule has 23 heteroatoms. The number of aliphatic hydroxyl groups is 6. The molecule has 76 heavy (non-hydrogen) atoms. The molecule has 0 bridgehead atoms. The standard InChI is InChI=1S/C53H59N7O16/c1-5-6-7-8-21-76-36-19-15-32(16-20-36)31-11-13-33(14-12-31)46(68)54-37-24-41(66)51(75-4)58-50(72)44-45(67)28(2)25-60(44)52(73)38(27-61)55-49(71)43(40(65)22-30-9-17-34(63)18-10-30)57-48(70)39-23-35(64)26-59(39)53(74)42(29(3)62)56-47(37)69/h1,9-20,28-29,35,37-45,51,61-67H,22-27H2,2-4H3,(H,54,68)(H,55,71)(H,56,69)(H,57,70)(H,58,72)/t28-,29+,35+,37-,38-,39-,40+,41?,42-,43-,44-,45-,51?/m0/s1. The van der Waals surface area contributed by atoms with Gasteiger partial charge in [0.25, 0.3) is 5.91 Å². The zero-order chi connectivity index (χ0) is 55.4. The number of aromatic hydroxyl groups is 1. The number of amides is 7. The molecule has 6 rings (SSSR count). The maximum absolute atomic E-state index is 14.4. The highest BCUT2D eigenvalue weighted by Crippen LogP contribution is 2.27. The van der Waals surface area contributed by atoms with Crippen LogP contribution in [0.15, 0.2) is 72.8 Å². The number of phenolic OH excluding ortho intramolecular Hbond substituents is 1. The second-order valence-electron chi connectivity index (χ2n) is 18.5. The monoisotopic (exact) mass is 1050 g/mol. The summed E-state index contributed by atoms with van der Waals surface area (Å²) in [5, 5.41) is 88.7. The van der Waals surface area contributed by atoms with Gasteiger partial charge in [0.05, 0.1) is 31.0 Å². The lowest BCUT2D eigenvalue weighted by Gasteiger charge is -2.32. The number of aliphatic hydroxyl groups excluding tert-OH is 6. The minimum atomic E-state index is -1.95. The molecule has 402 valence electrons. The molecule has 12 N–H and O–H groups in total. The Bertz CT molecular complexity index is 2780. The number of fused-ring (bicyclic) bond motifs is 2. The number of benzene rings is 3. The van der Waals surface area contributed by atoms with Gasteiger partial charge >= 0.3 is 0 Å². The Balaban J connectivity index is 1.34. The van der Waals surface area contributed by atoms with Crippen LogP contribution in [0.4, 0.5) is 0 Å². The summed E-state index contributed by atoms with van der Waals surface area (Å²) in [6.07, 6.45) is -4.09. The molecular formula is C53H59N7O16. The molecule has 2 unspecified atom stereocenters. The number of nitrogens with one attached hydrogen (secondary N) is 5. The Morgan fingerprint density at radius 1 is 0.776 bits per heavy atom. The molecule has 3 heterocycles. The van der Waals surface area contributed by atoms with Crippen LogP contribution in [-0.4, -0.2) is 187 Å². The van der Waals surface area contributed by atoms with Crippen LogP contribution in [0, 0.1) is 42.1 Å². The summed E-state index contributed by atoms with van der Waals surface area (Å²) in [6.45, 7) is 0.757. The van der Waals surface area contributed by atoms with Gasteiger partial charge in [-0.25, -0.2) is 0 Å². The van der Waals surface area contributed by atoms with Gasteiger partial charge in [-0.1, -0.05) is 43.3 Å². The van der Waals surface area contributed by atoms with E-state index in [1.165, 1.54) is 43.3 Å². The lowest BCUT2D eigenvalue weighted by molar-refractivity contribution is -0.147. The van der Waals surface area contributed by atoms with E-state index in [9.17, 15) is 69.3 Å². The quantitative estimate of drug-likeness (QED) is 0.0881. The van der Waals surface area contributed by atoms with Gasteiger partial charge in [0.1, 0.15) is 60.0 Å². The maximum atomic E-state index is 14.4. The minimum Gasteiger partial charge on any atom is -0.508 e. The Morgan fingerprint density at radius 3 is 2.04 bits per heavy atom. The van der Waals surface area contributed by atoms with Crippen molar-refractivity contribution in [2.24, 2.45) is 5.92 Å². The molecule has 3 aromatic rings. The molecule has 0 aromatic heterocycles. The Morgan fingerprint density at radius 2 is 1.42 bits per heavy atom. The number of ether oxygens (including phenoxy) is 2. The van der Waals surface area contributed by atoms with E-state index in [0.29, 0.717) is 22.4 Å². The summed E-state index contributed by atoms with van der Waals surface area (Å²) in [5.41, 5.74) is 1.77. The molecule has 3 saturated heterocycles. The van der Waals surface area contributed by atoms with Crippen molar-refractivity contribution < 1.29 is 78.8 Å². The van der Waals surface area contributed by atoms with E-state index in [-0.39, 0.29) is 24.3 Å². The van der Waals surface area contributed by atoms with Gasteiger partial charge in [-0.2, -0.15) is 0 Å². The summed E-state index contributed by atoms with van der Waals surface area (Å²) >= 11 is 0. The zero-order valence-corrected chi connectivity index (χ0v) is 41.5. The topological polar surface area (TPSA) is 346 Å². The molecule has 3 fully saturated rings. The highest BCUT2D eigenvalue weighted by molar-refractivity contribution is 6.00. The fourth-order valence-corrected chi connectivity index (χ4v) is 8.99. The molecule has 3 aliphatic rings. The van der Waals surface area contributed by atoms with Crippen LogP contribution in [0.25, 0.3) is 11.1 Å². The third kappa shape index (κ3) is 14.0. The second kappa shape index (κ2) is 25.9. The first-order chi connectivity index (χ1) is 36.2. The van der Waals surface area contributed by atoms with E-state index in [2.05, 4.69) is 56.4 Å². The molecular weight excluding hydrogens is 991 g/mol. The van der Waals surface area contributed by atoms with Gasteiger partial charge in [0.15, 0.2) is 6.23 Å². The smallest absolute Gasteiger partial charge is 0.251 e. The first-order valence-corrected chi connectivity index (χ1v) is 24.0. The van der Waals surface area contributed by atoms with Gasteiger partial charge in [0, 0.05) is 62.8 Å². The van der Waals surface area contributed by atoms with Gasteiger partial charge in [-0.3, -0.25) is 33.6 Å². The van der Waals surface area contributed by atoms with E-state index in [4.69, 9.17) is 15.9 Å². The van der Waals surface area contributed by atoms with Crippen molar-refractivity contribution in [3.05, 3.63) is 83.9 Å². The van der Waals surface area contributed by atoms with Gasteiger partial charge in [-0.05, 0) is 71.9 Å². The van der Waals surface area contributed by atoms with Crippen LogP contribution in [-0.2, 0) is 39.9 Å². The van der Waals surface area contributed by atoms with Crippen molar-refractivity contribution in [1.29, 1.82) is 0 Å².